The Morgan fingerprint density at radius 2 is 2.14 bits per heavy atom. The number of nitrogens with zero attached hydrogens (tertiary/aromatic N) is 1. The summed E-state index contributed by atoms with van der Waals surface area (Å²) in [4.78, 5) is 14.4. The smallest absolute Gasteiger partial charge is 0.220 e. The molecule has 0 radical (unpaired) electrons. The molecule has 0 aromatic carbocycles. The van der Waals surface area contributed by atoms with Crippen LogP contribution in [0.3, 0.4) is 0 Å². The van der Waals surface area contributed by atoms with Gasteiger partial charge in [-0.05, 0) is 18.1 Å². The first-order valence-corrected chi connectivity index (χ1v) is 7.77. The van der Waals surface area contributed by atoms with Crippen molar-refractivity contribution in [1.82, 2.24) is 10.2 Å². The Bertz CT molecular complexity index is 411. The van der Waals surface area contributed by atoms with Crippen molar-refractivity contribution in [3.8, 4) is 0 Å². The Kier molecular flexibility index (Phi) is 6.26. The number of ether oxygens (including phenoxy) is 1. The second-order valence-electron chi connectivity index (χ2n) is 5.84. The van der Waals surface area contributed by atoms with Gasteiger partial charge in [-0.2, -0.15) is 0 Å². The first-order valence-electron chi connectivity index (χ1n) is 7.77. The van der Waals surface area contributed by atoms with Crippen LogP contribution >= 0.6 is 0 Å². The predicted octanol–water partition coefficient (Wildman–Crippen LogP) is 1.69. The Morgan fingerprint density at radius 1 is 1.38 bits per heavy atom. The number of hydrogen-bond donors (Lipinski definition) is 1. The topological polar surface area (TPSA) is 54.7 Å². The van der Waals surface area contributed by atoms with E-state index in [1.165, 1.54) is 0 Å². The fraction of sp³-hybridized carbons (Fsp3) is 0.688. The molecule has 2 heterocycles. The maximum absolute atomic E-state index is 12.0. The molecule has 118 valence electrons. The molecule has 1 atom stereocenters. The summed E-state index contributed by atoms with van der Waals surface area (Å²) in [5, 5.41) is 3.06. The first-order chi connectivity index (χ1) is 10.2. The van der Waals surface area contributed by atoms with Gasteiger partial charge in [-0.1, -0.05) is 13.8 Å². The number of nitrogens with one attached hydrogen (secondary N) is 1. The summed E-state index contributed by atoms with van der Waals surface area (Å²) in [7, 11) is 0. The van der Waals surface area contributed by atoms with Crippen LogP contribution < -0.4 is 5.32 Å². The first kappa shape index (κ1) is 16.0. The molecule has 0 aliphatic carbocycles. The van der Waals surface area contributed by atoms with Crippen LogP contribution in [0.1, 0.15) is 26.0 Å². The van der Waals surface area contributed by atoms with Crippen LogP contribution in [0.15, 0.2) is 22.8 Å². The molecule has 1 unspecified atom stereocenters. The molecule has 2 rings (SSSR count). The molecule has 1 aromatic heterocycles. The summed E-state index contributed by atoms with van der Waals surface area (Å²) in [6.45, 7) is 8.58. The number of carbonyl (C=O) groups excluding carboxylic acids is 1. The molecule has 0 saturated carbocycles. The molecule has 1 N–H and O–H groups in total. The zero-order valence-electron chi connectivity index (χ0n) is 13.0. The number of hydrogen-bond acceptors (Lipinski definition) is 4. The van der Waals surface area contributed by atoms with Crippen molar-refractivity contribution in [3.63, 3.8) is 0 Å². The van der Waals surface area contributed by atoms with E-state index in [1.54, 1.807) is 6.26 Å². The van der Waals surface area contributed by atoms with Crippen LogP contribution in [0.5, 0.6) is 0 Å². The fourth-order valence-corrected chi connectivity index (χ4v) is 2.69. The van der Waals surface area contributed by atoms with E-state index in [1.807, 2.05) is 12.1 Å². The average Bonchev–Trinajstić information content (AvgIpc) is 2.99. The second-order valence-corrected chi connectivity index (χ2v) is 5.84. The van der Waals surface area contributed by atoms with Gasteiger partial charge in [-0.15, -0.1) is 0 Å². The number of aryl methyl sites for hydroxylation is 1. The Labute approximate surface area is 126 Å². The number of morpholine rings is 1. The summed E-state index contributed by atoms with van der Waals surface area (Å²) in [5.74, 6) is 1.46. The van der Waals surface area contributed by atoms with Crippen molar-refractivity contribution >= 4 is 5.91 Å². The van der Waals surface area contributed by atoms with Crippen LogP contribution in [0, 0.1) is 5.92 Å². The van der Waals surface area contributed by atoms with Gasteiger partial charge in [0, 0.05) is 38.5 Å². The quantitative estimate of drug-likeness (QED) is 0.831. The van der Waals surface area contributed by atoms with Gasteiger partial charge in [0.2, 0.25) is 5.91 Å². The lowest BCUT2D eigenvalue weighted by molar-refractivity contribution is -0.121. The highest BCUT2D eigenvalue weighted by Gasteiger charge is 2.24. The van der Waals surface area contributed by atoms with Crippen LogP contribution in [-0.4, -0.2) is 49.7 Å². The highest BCUT2D eigenvalue weighted by Crippen LogP contribution is 2.12. The van der Waals surface area contributed by atoms with E-state index in [9.17, 15) is 4.79 Å². The molecule has 5 nitrogen and oxygen atoms in total. The van der Waals surface area contributed by atoms with Gasteiger partial charge in [0.25, 0.3) is 0 Å². The summed E-state index contributed by atoms with van der Waals surface area (Å²) in [6, 6.07) is 4.12. The highest BCUT2D eigenvalue weighted by atomic mass is 16.5. The largest absolute Gasteiger partial charge is 0.469 e. The third-order valence-electron chi connectivity index (χ3n) is 3.97. The van der Waals surface area contributed by atoms with Gasteiger partial charge in [0.15, 0.2) is 0 Å². The van der Waals surface area contributed by atoms with Crippen LogP contribution in [-0.2, 0) is 16.0 Å². The van der Waals surface area contributed by atoms with E-state index in [-0.39, 0.29) is 5.91 Å². The maximum Gasteiger partial charge on any atom is 0.220 e. The molecule has 1 aliphatic rings. The van der Waals surface area contributed by atoms with Crippen LogP contribution in [0.4, 0.5) is 0 Å². The number of furan rings is 1. The molecule has 21 heavy (non-hydrogen) atoms. The van der Waals surface area contributed by atoms with E-state index in [4.69, 9.17) is 9.15 Å². The number of rotatable bonds is 7. The summed E-state index contributed by atoms with van der Waals surface area (Å²) in [6.07, 6.45) is 2.77. The van der Waals surface area contributed by atoms with Crippen LogP contribution in [0.2, 0.25) is 0 Å². The van der Waals surface area contributed by atoms with Gasteiger partial charge in [0.1, 0.15) is 5.76 Å². The van der Waals surface area contributed by atoms with E-state index >= 15 is 0 Å². The molecule has 1 saturated heterocycles. The van der Waals surface area contributed by atoms with Gasteiger partial charge >= 0.3 is 0 Å². The molecule has 1 amide bonds. The summed E-state index contributed by atoms with van der Waals surface area (Å²) < 4.78 is 10.6. The van der Waals surface area contributed by atoms with Gasteiger partial charge in [-0.3, -0.25) is 9.69 Å². The molecule has 5 heteroatoms. The zero-order chi connectivity index (χ0) is 15.1. The van der Waals surface area contributed by atoms with Gasteiger partial charge in [-0.25, -0.2) is 0 Å². The van der Waals surface area contributed by atoms with E-state index in [0.717, 1.165) is 32.1 Å². The van der Waals surface area contributed by atoms with Crippen molar-refractivity contribution in [1.29, 1.82) is 0 Å². The number of carbonyl (C=O) groups is 1. The van der Waals surface area contributed by atoms with Crippen molar-refractivity contribution in [2.45, 2.75) is 32.7 Å². The molecule has 1 fully saturated rings. The van der Waals surface area contributed by atoms with Gasteiger partial charge < -0.3 is 14.5 Å². The maximum atomic E-state index is 12.0. The SMILES string of the molecule is CC(C)C(CNC(=O)CCc1ccco1)N1CCOCC1. The lowest BCUT2D eigenvalue weighted by atomic mass is 10.0. The minimum atomic E-state index is 0.0882. The van der Waals surface area contributed by atoms with E-state index in [0.29, 0.717) is 31.3 Å². The molecular weight excluding hydrogens is 268 g/mol. The fourth-order valence-electron chi connectivity index (χ4n) is 2.69. The zero-order valence-corrected chi connectivity index (χ0v) is 13.0. The molecule has 1 aliphatic heterocycles. The van der Waals surface area contributed by atoms with E-state index < -0.39 is 0 Å². The average molecular weight is 294 g/mol. The molecular formula is C16H26N2O3. The molecule has 1 aromatic rings. The van der Waals surface area contributed by atoms with E-state index in [2.05, 4.69) is 24.1 Å². The standard InChI is InChI=1S/C16H26N2O3/c1-13(2)15(18-7-10-20-11-8-18)12-17-16(19)6-5-14-4-3-9-21-14/h3-4,9,13,15H,5-8,10-12H2,1-2H3,(H,17,19). The number of amides is 1. The Hall–Kier alpha value is -1.33. The summed E-state index contributed by atoms with van der Waals surface area (Å²) >= 11 is 0. The van der Waals surface area contributed by atoms with Crippen molar-refractivity contribution in [3.05, 3.63) is 24.2 Å². The lowest BCUT2D eigenvalue weighted by Gasteiger charge is -2.36. The normalized spacial score (nSPS) is 17.9. The van der Waals surface area contributed by atoms with Crippen LogP contribution in [0.25, 0.3) is 0 Å². The Morgan fingerprint density at radius 3 is 2.76 bits per heavy atom. The monoisotopic (exact) mass is 294 g/mol. The second kappa shape index (κ2) is 8.20. The minimum absolute atomic E-state index is 0.0882. The third-order valence-corrected chi connectivity index (χ3v) is 3.97. The molecule has 0 spiro atoms. The lowest BCUT2D eigenvalue weighted by Crippen LogP contribution is -2.51. The van der Waals surface area contributed by atoms with Crippen molar-refractivity contribution < 1.29 is 13.9 Å². The van der Waals surface area contributed by atoms with Crippen molar-refractivity contribution in [2.75, 3.05) is 32.8 Å². The minimum Gasteiger partial charge on any atom is -0.469 e. The highest BCUT2D eigenvalue weighted by molar-refractivity contribution is 5.76. The van der Waals surface area contributed by atoms with Crippen molar-refractivity contribution in [2.24, 2.45) is 5.92 Å². The van der Waals surface area contributed by atoms with Gasteiger partial charge in [0.05, 0.1) is 19.5 Å². The summed E-state index contributed by atoms with van der Waals surface area (Å²) in [5.41, 5.74) is 0. The molecule has 0 bridgehead atoms. The third kappa shape index (κ3) is 5.17. The Balaban J connectivity index is 1.74. The predicted molar refractivity (Wildman–Crippen MR) is 81.1 cm³/mol.